The van der Waals surface area contributed by atoms with E-state index in [2.05, 4.69) is 4.52 Å². The number of thioether (sulfide) groups is 1. The summed E-state index contributed by atoms with van der Waals surface area (Å²) in [4.78, 5) is 21.5. The zero-order valence-electron chi connectivity index (χ0n) is 6.78. The van der Waals surface area contributed by atoms with E-state index in [0.717, 1.165) is 0 Å². The second-order valence-electron chi connectivity index (χ2n) is 2.31. The molecule has 0 aliphatic carbocycles. The largest absolute Gasteiger partial charge is 0.450 e. The Hall–Kier alpha value is -0.120. The Kier molecular flexibility index (Phi) is 5.46. The summed E-state index contributed by atoms with van der Waals surface area (Å²) in [5.74, 6) is -0.0637. The van der Waals surface area contributed by atoms with E-state index in [-0.39, 0.29) is 0 Å². The van der Waals surface area contributed by atoms with E-state index in [9.17, 15) is 9.59 Å². The lowest BCUT2D eigenvalue weighted by molar-refractivity contribution is -0.141. The van der Waals surface area contributed by atoms with Crippen LogP contribution in [0.15, 0.2) is 0 Å². The Morgan fingerprint density at radius 1 is 1.83 bits per heavy atom. The van der Waals surface area contributed by atoms with Crippen LogP contribution in [0.2, 0.25) is 0 Å². The molecular formula is C6H12NO3PS. The number of rotatable bonds is 5. The Labute approximate surface area is 77.9 Å². The molecule has 0 aromatic carbocycles. The molecule has 4 nitrogen and oxygen atoms in total. The third-order valence-corrected chi connectivity index (χ3v) is 2.24. The van der Waals surface area contributed by atoms with Crippen LogP contribution < -0.4 is 5.73 Å². The van der Waals surface area contributed by atoms with E-state index in [4.69, 9.17) is 5.73 Å². The summed E-state index contributed by atoms with van der Waals surface area (Å²) in [6.07, 6.45) is 2.60. The van der Waals surface area contributed by atoms with Crippen molar-refractivity contribution < 1.29 is 14.1 Å². The highest BCUT2D eigenvalue weighted by Gasteiger charge is 2.34. The van der Waals surface area contributed by atoms with Gasteiger partial charge in [-0.2, -0.15) is 11.8 Å². The number of carbonyl (C=O) groups excluding carboxylic acids is 2. The zero-order chi connectivity index (χ0) is 9.61. The summed E-state index contributed by atoms with van der Waals surface area (Å²) < 4.78 is 4.32. The van der Waals surface area contributed by atoms with Crippen LogP contribution in [0.1, 0.15) is 6.42 Å². The summed E-state index contributed by atoms with van der Waals surface area (Å²) in [6, 6.07) is 0. The van der Waals surface area contributed by atoms with Crippen molar-refractivity contribution in [1.82, 2.24) is 0 Å². The normalized spacial score (nSPS) is 14.9. The highest BCUT2D eigenvalue weighted by atomic mass is 32.2. The smallest absolute Gasteiger partial charge is 0.335 e. The molecule has 0 fully saturated rings. The molecule has 2 unspecified atom stereocenters. The van der Waals surface area contributed by atoms with Crippen LogP contribution in [0.25, 0.3) is 0 Å². The fourth-order valence-electron chi connectivity index (χ4n) is 0.590. The molecule has 0 aromatic heterocycles. The van der Waals surface area contributed by atoms with Gasteiger partial charge in [0, 0.05) is 0 Å². The van der Waals surface area contributed by atoms with Gasteiger partial charge in [-0.25, -0.2) is 4.79 Å². The summed E-state index contributed by atoms with van der Waals surface area (Å²) in [6.45, 7) is 0. The van der Waals surface area contributed by atoms with E-state index in [1.165, 1.54) is 11.8 Å². The van der Waals surface area contributed by atoms with Crippen molar-refractivity contribution in [2.24, 2.45) is 5.73 Å². The van der Waals surface area contributed by atoms with Gasteiger partial charge in [0.15, 0.2) is 11.8 Å². The topological polar surface area (TPSA) is 69.4 Å². The molecule has 0 aromatic rings. The van der Waals surface area contributed by atoms with Crippen LogP contribution >= 0.6 is 21.2 Å². The van der Waals surface area contributed by atoms with Gasteiger partial charge in [0.2, 0.25) is 0 Å². The fraction of sp³-hybridized carbons (Fsp3) is 0.667. The predicted molar refractivity (Wildman–Crippen MR) is 51.8 cm³/mol. The number of carbonyl (C=O) groups is 2. The van der Waals surface area contributed by atoms with Crippen LogP contribution in [0.4, 0.5) is 0 Å². The molecule has 0 saturated heterocycles. The van der Waals surface area contributed by atoms with Crippen LogP contribution in [0.3, 0.4) is 0 Å². The molecule has 0 heterocycles. The van der Waals surface area contributed by atoms with Crippen molar-refractivity contribution >= 4 is 33.5 Å². The number of aldehydes is 1. The Morgan fingerprint density at radius 2 is 2.42 bits per heavy atom. The van der Waals surface area contributed by atoms with E-state index < -0.39 is 11.5 Å². The minimum absolute atomic E-state index is 0.297. The van der Waals surface area contributed by atoms with Crippen molar-refractivity contribution in [3.8, 4) is 0 Å². The van der Waals surface area contributed by atoms with Gasteiger partial charge in [0.1, 0.15) is 0 Å². The van der Waals surface area contributed by atoms with Gasteiger partial charge in [-0.05, 0) is 18.4 Å². The third-order valence-electron chi connectivity index (χ3n) is 1.42. The molecule has 0 bridgehead atoms. The summed E-state index contributed by atoms with van der Waals surface area (Å²) in [5, 5.41) is 0. The molecule has 6 heteroatoms. The maximum Gasteiger partial charge on any atom is 0.335 e. The molecule has 70 valence electrons. The molecule has 0 amide bonds. The van der Waals surface area contributed by atoms with Crippen molar-refractivity contribution in [2.75, 3.05) is 12.0 Å². The van der Waals surface area contributed by atoms with Gasteiger partial charge in [0.05, 0.1) is 9.47 Å². The lowest BCUT2D eigenvalue weighted by atomic mass is 10.0. The molecule has 0 radical (unpaired) electrons. The minimum atomic E-state index is -1.48. The molecule has 0 aliphatic heterocycles. The molecule has 0 rings (SSSR count). The van der Waals surface area contributed by atoms with Crippen molar-refractivity contribution in [2.45, 2.75) is 12.0 Å². The van der Waals surface area contributed by atoms with Crippen LogP contribution in [-0.4, -0.2) is 29.8 Å². The number of nitrogens with two attached hydrogens (primary N) is 1. The first-order valence-corrected chi connectivity index (χ1v) is 5.12. The van der Waals surface area contributed by atoms with Gasteiger partial charge in [-0.1, -0.05) is 0 Å². The molecule has 0 aliphatic rings. The fourth-order valence-corrected chi connectivity index (χ4v) is 1.35. The first kappa shape index (κ1) is 11.9. The van der Waals surface area contributed by atoms with Crippen molar-refractivity contribution in [3.63, 3.8) is 0 Å². The molecule has 2 N–H and O–H groups in total. The van der Waals surface area contributed by atoms with Gasteiger partial charge in [-0.15, -0.1) is 0 Å². The lowest BCUT2D eigenvalue weighted by Gasteiger charge is -2.18. The Morgan fingerprint density at radius 3 is 2.75 bits per heavy atom. The third kappa shape index (κ3) is 3.09. The second-order valence-corrected chi connectivity index (χ2v) is 3.53. The highest BCUT2D eigenvalue weighted by Crippen LogP contribution is 2.11. The van der Waals surface area contributed by atoms with Crippen molar-refractivity contribution in [1.29, 1.82) is 0 Å². The van der Waals surface area contributed by atoms with Gasteiger partial charge < -0.3 is 15.1 Å². The predicted octanol–water partition coefficient (Wildman–Crippen LogP) is -0.0308. The van der Waals surface area contributed by atoms with Crippen LogP contribution in [-0.2, 0) is 14.1 Å². The average molecular weight is 209 g/mol. The van der Waals surface area contributed by atoms with E-state index in [1.807, 2.05) is 6.26 Å². The summed E-state index contributed by atoms with van der Waals surface area (Å²) >= 11 is 1.52. The lowest BCUT2D eigenvalue weighted by Crippen LogP contribution is -2.50. The molecule has 12 heavy (non-hydrogen) atoms. The van der Waals surface area contributed by atoms with E-state index in [0.29, 0.717) is 18.5 Å². The molecule has 0 spiro atoms. The monoisotopic (exact) mass is 209 g/mol. The first-order valence-electron chi connectivity index (χ1n) is 3.26. The Bertz CT molecular complexity index is 178. The minimum Gasteiger partial charge on any atom is -0.450 e. The molecule has 0 saturated carbocycles. The second kappa shape index (κ2) is 5.51. The average Bonchev–Trinajstić information content (AvgIpc) is 2.12. The van der Waals surface area contributed by atoms with E-state index in [1.54, 1.807) is 9.47 Å². The number of hydrogen-bond acceptors (Lipinski definition) is 5. The standard InChI is InChI=1S/C6H12NO3PS/c1-12-3-2-6(7,4-8)5(9)10-11/h4H,2-3,7,11H2,1H3. The van der Waals surface area contributed by atoms with Gasteiger partial charge in [0.25, 0.3) is 0 Å². The van der Waals surface area contributed by atoms with Crippen LogP contribution in [0, 0.1) is 0 Å². The maximum absolute atomic E-state index is 11.0. The van der Waals surface area contributed by atoms with Crippen molar-refractivity contribution in [3.05, 3.63) is 0 Å². The summed E-state index contributed by atoms with van der Waals surface area (Å²) in [5.41, 5.74) is 3.99. The SMILES string of the molecule is CSCCC(N)(C=O)C(=O)OP. The van der Waals surface area contributed by atoms with E-state index >= 15 is 0 Å². The quantitative estimate of drug-likeness (QED) is 0.391. The zero-order valence-corrected chi connectivity index (χ0v) is 8.75. The number of hydrogen-bond donors (Lipinski definition) is 1. The maximum atomic E-state index is 11.0. The molecular weight excluding hydrogens is 197 g/mol. The summed E-state index contributed by atoms with van der Waals surface area (Å²) in [7, 11) is 1.78. The Balaban J connectivity index is 4.23. The first-order chi connectivity index (χ1) is 5.60. The molecule has 2 atom stereocenters. The van der Waals surface area contributed by atoms with Gasteiger partial charge >= 0.3 is 5.97 Å². The highest BCUT2D eigenvalue weighted by molar-refractivity contribution is 7.98. The van der Waals surface area contributed by atoms with Crippen LogP contribution in [0.5, 0.6) is 0 Å². The van der Waals surface area contributed by atoms with Gasteiger partial charge in [-0.3, -0.25) is 0 Å².